The highest BCUT2D eigenvalue weighted by molar-refractivity contribution is 14.0. The normalized spacial score (nSPS) is 17.2. The van der Waals surface area contributed by atoms with Crippen molar-refractivity contribution in [3.8, 4) is 5.75 Å². The van der Waals surface area contributed by atoms with E-state index < -0.39 is 0 Å². The van der Waals surface area contributed by atoms with Crippen LogP contribution < -0.4 is 10.1 Å². The average Bonchev–Trinajstić information content (AvgIpc) is 3.14. The quantitative estimate of drug-likeness (QED) is 0.240. The van der Waals surface area contributed by atoms with Gasteiger partial charge < -0.3 is 19.9 Å². The number of para-hydroxylation sites is 1. The number of nitrogens with one attached hydrogen (secondary N) is 1. The van der Waals surface area contributed by atoms with Gasteiger partial charge in [0.2, 0.25) is 0 Å². The SMILES string of the molecule is CCN(CC)CC1CCN(C(=NC)NCCOc2ccccc2C(C)C)C1.I. The number of likely N-dealkylation sites (tertiary alicyclic amines) is 1. The molecule has 0 aliphatic carbocycles. The highest BCUT2D eigenvalue weighted by Crippen LogP contribution is 2.25. The standard InChI is InChI=1S/C22H38N4O.HI/c1-6-25(7-2)16-19-12-14-26(17-19)22(23-5)24-13-15-27-21-11-9-8-10-20(21)18(3)4;/h8-11,18-19H,6-7,12-17H2,1-5H3,(H,23,24);1H. The number of hydrogen-bond donors (Lipinski definition) is 1. The number of rotatable bonds is 9. The molecule has 5 nitrogen and oxygen atoms in total. The molecular weight excluding hydrogens is 463 g/mol. The molecule has 1 atom stereocenters. The lowest BCUT2D eigenvalue weighted by Gasteiger charge is -2.24. The number of benzene rings is 1. The van der Waals surface area contributed by atoms with Crippen molar-refractivity contribution in [2.75, 3.05) is 52.9 Å². The van der Waals surface area contributed by atoms with Crippen molar-refractivity contribution in [1.29, 1.82) is 0 Å². The Bertz CT molecular complexity index is 590. The van der Waals surface area contributed by atoms with Gasteiger partial charge in [-0.15, -0.1) is 24.0 Å². The Labute approximate surface area is 188 Å². The van der Waals surface area contributed by atoms with Crippen LogP contribution in [0.15, 0.2) is 29.3 Å². The molecule has 0 bridgehead atoms. The van der Waals surface area contributed by atoms with E-state index in [4.69, 9.17) is 4.74 Å². The van der Waals surface area contributed by atoms with Crippen molar-refractivity contribution in [2.24, 2.45) is 10.9 Å². The first-order chi connectivity index (χ1) is 13.1. The maximum atomic E-state index is 6.02. The van der Waals surface area contributed by atoms with Crippen LogP contribution in [0.5, 0.6) is 5.75 Å². The van der Waals surface area contributed by atoms with Crippen LogP contribution in [-0.2, 0) is 0 Å². The Morgan fingerprint density at radius 3 is 2.64 bits per heavy atom. The topological polar surface area (TPSA) is 40.1 Å². The second-order valence-corrected chi connectivity index (χ2v) is 7.60. The number of nitrogens with zero attached hydrogens (tertiary/aromatic N) is 3. The van der Waals surface area contributed by atoms with Crippen molar-refractivity contribution in [3.63, 3.8) is 0 Å². The summed E-state index contributed by atoms with van der Waals surface area (Å²) in [5.74, 6) is 3.19. The summed E-state index contributed by atoms with van der Waals surface area (Å²) in [7, 11) is 1.87. The second-order valence-electron chi connectivity index (χ2n) is 7.60. The number of aliphatic imine (C=N–C) groups is 1. The molecule has 1 N–H and O–H groups in total. The summed E-state index contributed by atoms with van der Waals surface area (Å²) in [5, 5.41) is 3.47. The average molecular weight is 502 g/mol. The molecule has 1 heterocycles. The van der Waals surface area contributed by atoms with Gasteiger partial charge in [-0.3, -0.25) is 4.99 Å². The number of hydrogen-bond acceptors (Lipinski definition) is 3. The summed E-state index contributed by atoms with van der Waals surface area (Å²) in [6.07, 6.45) is 1.25. The molecule has 6 heteroatoms. The smallest absolute Gasteiger partial charge is 0.193 e. The van der Waals surface area contributed by atoms with E-state index in [0.717, 1.165) is 50.4 Å². The summed E-state index contributed by atoms with van der Waals surface area (Å²) in [5.41, 5.74) is 1.26. The van der Waals surface area contributed by atoms with Crippen LogP contribution in [0.4, 0.5) is 0 Å². The first-order valence-electron chi connectivity index (χ1n) is 10.5. The predicted molar refractivity (Wildman–Crippen MR) is 130 cm³/mol. The van der Waals surface area contributed by atoms with E-state index in [1.165, 1.54) is 18.5 Å². The molecule has 1 aromatic rings. The van der Waals surface area contributed by atoms with Crippen LogP contribution in [0, 0.1) is 5.92 Å². The third kappa shape index (κ3) is 7.43. The zero-order chi connectivity index (χ0) is 19.6. The molecule has 2 rings (SSSR count). The van der Waals surface area contributed by atoms with E-state index in [-0.39, 0.29) is 24.0 Å². The molecule has 0 radical (unpaired) electrons. The van der Waals surface area contributed by atoms with Gasteiger partial charge in [0.1, 0.15) is 12.4 Å². The van der Waals surface area contributed by atoms with Crippen molar-refractivity contribution in [3.05, 3.63) is 29.8 Å². The lowest BCUT2D eigenvalue weighted by atomic mass is 10.0. The van der Waals surface area contributed by atoms with E-state index in [9.17, 15) is 0 Å². The maximum absolute atomic E-state index is 6.02. The van der Waals surface area contributed by atoms with Gasteiger partial charge in [0.05, 0.1) is 6.54 Å². The fraction of sp³-hybridized carbons (Fsp3) is 0.682. The molecule has 0 amide bonds. The van der Waals surface area contributed by atoms with E-state index in [1.54, 1.807) is 0 Å². The summed E-state index contributed by atoms with van der Waals surface area (Å²) in [4.78, 5) is 9.38. The molecule has 1 aliphatic heterocycles. The Morgan fingerprint density at radius 1 is 1.29 bits per heavy atom. The van der Waals surface area contributed by atoms with Gasteiger partial charge in [0.15, 0.2) is 5.96 Å². The zero-order valence-electron chi connectivity index (χ0n) is 18.3. The van der Waals surface area contributed by atoms with Crippen molar-refractivity contribution in [2.45, 2.75) is 40.0 Å². The van der Waals surface area contributed by atoms with Gasteiger partial charge in [-0.05, 0) is 43.0 Å². The first-order valence-corrected chi connectivity index (χ1v) is 10.5. The van der Waals surface area contributed by atoms with Crippen LogP contribution in [-0.4, -0.2) is 68.7 Å². The highest BCUT2D eigenvalue weighted by Gasteiger charge is 2.25. The lowest BCUT2D eigenvalue weighted by molar-refractivity contribution is 0.255. The molecule has 160 valence electrons. The molecule has 0 aromatic heterocycles. The Kier molecular flexibility index (Phi) is 11.8. The molecule has 0 saturated carbocycles. The van der Waals surface area contributed by atoms with E-state index in [2.05, 4.69) is 66.0 Å². The first kappa shape index (κ1) is 25.0. The maximum Gasteiger partial charge on any atom is 0.193 e. The molecule has 1 aromatic carbocycles. The minimum atomic E-state index is 0. The van der Waals surface area contributed by atoms with Crippen LogP contribution in [0.3, 0.4) is 0 Å². The summed E-state index contributed by atoms with van der Waals surface area (Å²) < 4.78 is 6.02. The summed E-state index contributed by atoms with van der Waals surface area (Å²) in [6.45, 7) is 15.9. The molecular formula is C22H39IN4O. The fourth-order valence-electron chi connectivity index (χ4n) is 3.77. The molecule has 0 spiro atoms. The minimum absolute atomic E-state index is 0. The van der Waals surface area contributed by atoms with Crippen LogP contribution >= 0.6 is 24.0 Å². The fourth-order valence-corrected chi connectivity index (χ4v) is 3.77. The van der Waals surface area contributed by atoms with Gasteiger partial charge in [-0.1, -0.05) is 45.9 Å². The minimum Gasteiger partial charge on any atom is -0.491 e. The second kappa shape index (κ2) is 13.2. The summed E-state index contributed by atoms with van der Waals surface area (Å²) >= 11 is 0. The number of halogens is 1. The third-order valence-electron chi connectivity index (χ3n) is 5.39. The Hall–Kier alpha value is -1.02. The van der Waals surface area contributed by atoms with Crippen LogP contribution in [0.2, 0.25) is 0 Å². The predicted octanol–water partition coefficient (Wildman–Crippen LogP) is 4.05. The molecule has 1 aliphatic rings. The van der Waals surface area contributed by atoms with Gasteiger partial charge >= 0.3 is 0 Å². The van der Waals surface area contributed by atoms with Crippen molar-refractivity contribution in [1.82, 2.24) is 15.1 Å². The lowest BCUT2D eigenvalue weighted by Crippen LogP contribution is -2.42. The molecule has 28 heavy (non-hydrogen) atoms. The molecule has 1 fully saturated rings. The van der Waals surface area contributed by atoms with E-state index >= 15 is 0 Å². The zero-order valence-corrected chi connectivity index (χ0v) is 20.6. The van der Waals surface area contributed by atoms with Gasteiger partial charge in [-0.25, -0.2) is 0 Å². The van der Waals surface area contributed by atoms with Crippen LogP contribution in [0.1, 0.15) is 45.6 Å². The van der Waals surface area contributed by atoms with Gasteiger partial charge in [-0.2, -0.15) is 0 Å². The third-order valence-corrected chi connectivity index (χ3v) is 5.39. The van der Waals surface area contributed by atoms with Crippen molar-refractivity contribution < 1.29 is 4.74 Å². The monoisotopic (exact) mass is 502 g/mol. The van der Waals surface area contributed by atoms with Crippen LogP contribution in [0.25, 0.3) is 0 Å². The number of ether oxygens (including phenoxy) is 1. The van der Waals surface area contributed by atoms with E-state index in [1.807, 2.05) is 13.1 Å². The van der Waals surface area contributed by atoms with E-state index in [0.29, 0.717) is 12.5 Å². The van der Waals surface area contributed by atoms with Gasteiger partial charge in [0, 0.05) is 26.7 Å². The number of guanidine groups is 1. The van der Waals surface area contributed by atoms with Crippen molar-refractivity contribution >= 4 is 29.9 Å². The Morgan fingerprint density at radius 2 is 2.00 bits per heavy atom. The Balaban J connectivity index is 0.00000392. The highest BCUT2D eigenvalue weighted by atomic mass is 127. The van der Waals surface area contributed by atoms with Gasteiger partial charge in [0.25, 0.3) is 0 Å². The molecule has 1 unspecified atom stereocenters. The molecule has 1 saturated heterocycles. The summed E-state index contributed by atoms with van der Waals surface area (Å²) in [6, 6.07) is 8.31. The largest absolute Gasteiger partial charge is 0.491 e.